The number of amides is 1. The van der Waals surface area contributed by atoms with Gasteiger partial charge in [-0.3, -0.25) is 4.79 Å². The van der Waals surface area contributed by atoms with Gasteiger partial charge >= 0.3 is 5.97 Å². The number of hydrogen-bond donors (Lipinski definition) is 1. The molecule has 2 heterocycles. The minimum absolute atomic E-state index is 0.0775. The number of carboxylic acids is 1. The van der Waals surface area contributed by atoms with Crippen LogP contribution in [0, 0.1) is 12.8 Å². The number of carboxylic acid groups (broad SMARTS) is 1. The van der Waals surface area contributed by atoms with E-state index in [9.17, 15) is 14.7 Å². The fourth-order valence-corrected chi connectivity index (χ4v) is 3.58. The molecule has 0 radical (unpaired) electrons. The molecule has 132 valence electrons. The average Bonchev–Trinajstić information content (AvgIpc) is 2.93. The lowest BCUT2D eigenvalue weighted by atomic mass is 9.88. The highest BCUT2D eigenvalue weighted by Gasteiger charge is 2.36. The van der Waals surface area contributed by atoms with E-state index in [-0.39, 0.29) is 31.7 Å². The van der Waals surface area contributed by atoms with Crippen molar-refractivity contribution in [2.75, 3.05) is 6.61 Å². The van der Waals surface area contributed by atoms with Crippen molar-refractivity contribution in [2.24, 2.45) is 5.92 Å². The Labute approximate surface area is 140 Å². The number of rotatable bonds is 4. The predicted molar refractivity (Wildman–Crippen MR) is 84.1 cm³/mol. The first-order valence-corrected chi connectivity index (χ1v) is 8.50. The van der Waals surface area contributed by atoms with Crippen LogP contribution in [0.1, 0.15) is 44.3 Å². The van der Waals surface area contributed by atoms with E-state index in [4.69, 9.17) is 4.74 Å². The zero-order valence-corrected chi connectivity index (χ0v) is 14.1. The second-order valence-corrected chi connectivity index (χ2v) is 6.76. The van der Waals surface area contributed by atoms with E-state index in [1.165, 1.54) is 11.3 Å². The van der Waals surface area contributed by atoms with Crippen LogP contribution in [0.2, 0.25) is 0 Å². The molecule has 1 aliphatic heterocycles. The van der Waals surface area contributed by atoms with Crippen molar-refractivity contribution in [3.63, 3.8) is 0 Å². The van der Waals surface area contributed by atoms with E-state index in [1.54, 1.807) is 11.5 Å². The minimum Gasteiger partial charge on any atom is -0.480 e. The highest BCUT2D eigenvalue weighted by molar-refractivity contribution is 5.84. The second-order valence-electron chi connectivity index (χ2n) is 6.76. The molecular weight excluding hydrogens is 312 g/mol. The second kappa shape index (κ2) is 6.88. The summed E-state index contributed by atoms with van der Waals surface area (Å²) in [7, 11) is 0. The van der Waals surface area contributed by atoms with Crippen LogP contribution in [-0.4, -0.2) is 55.4 Å². The van der Waals surface area contributed by atoms with E-state index in [0.29, 0.717) is 17.6 Å². The monoisotopic (exact) mass is 336 g/mol. The van der Waals surface area contributed by atoms with Gasteiger partial charge in [0.05, 0.1) is 19.2 Å². The van der Waals surface area contributed by atoms with Crippen molar-refractivity contribution in [3.8, 4) is 0 Å². The van der Waals surface area contributed by atoms with Crippen LogP contribution < -0.4 is 0 Å². The van der Waals surface area contributed by atoms with Crippen LogP contribution in [0.15, 0.2) is 0 Å². The fourth-order valence-electron chi connectivity index (χ4n) is 3.58. The molecule has 1 aromatic rings. The standard InChI is InChI=1S/C16H24N4O4/c1-10-5-3-4-6-13(10)24-9-15(21)20-8-14-18-17-11(2)19(14)7-12(20)16(22)23/h10,12-13H,3-9H2,1-2H3,(H,22,23)/t10-,12-,13+/m1/s1. The Hall–Kier alpha value is -1.96. The third-order valence-electron chi connectivity index (χ3n) is 5.11. The molecule has 0 unspecified atom stereocenters. The molecular formula is C16H24N4O4. The molecule has 0 saturated heterocycles. The lowest BCUT2D eigenvalue weighted by Gasteiger charge is -2.34. The highest BCUT2D eigenvalue weighted by Crippen LogP contribution is 2.26. The molecule has 3 atom stereocenters. The Morgan fingerprint density at radius 3 is 2.75 bits per heavy atom. The molecule has 0 bridgehead atoms. The SMILES string of the molecule is Cc1nnc2n1C[C@H](C(=O)O)N(C(=O)CO[C@H]1CCCC[C@H]1C)C2. The van der Waals surface area contributed by atoms with Gasteiger partial charge in [-0.25, -0.2) is 4.79 Å². The van der Waals surface area contributed by atoms with Gasteiger partial charge < -0.3 is 19.3 Å². The quantitative estimate of drug-likeness (QED) is 0.880. The Kier molecular flexibility index (Phi) is 4.84. The van der Waals surface area contributed by atoms with E-state index in [2.05, 4.69) is 17.1 Å². The molecule has 1 saturated carbocycles. The summed E-state index contributed by atoms with van der Waals surface area (Å²) < 4.78 is 7.56. The van der Waals surface area contributed by atoms with E-state index < -0.39 is 12.0 Å². The van der Waals surface area contributed by atoms with E-state index >= 15 is 0 Å². The largest absolute Gasteiger partial charge is 0.480 e. The van der Waals surface area contributed by atoms with Gasteiger partial charge in [-0.1, -0.05) is 19.8 Å². The third-order valence-corrected chi connectivity index (χ3v) is 5.11. The Bertz CT molecular complexity index is 630. The summed E-state index contributed by atoms with van der Waals surface area (Å²) in [5, 5.41) is 17.5. The van der Waals surface area contributed by atoms with Crippen molar-refractivity contribution in [2.45, 2.75) is 64.8 Å². The van der Waals surface area contributed by atoms with Gasteiger partial charge in [-0.15, -0.1) is 10.2 Å². The maximum Gasteiger partial charge on any atom is 0.328 e. The third kappa shape index (κ3) is 3.28. The Morgan fingerprint density at radius 2 is 2.04 bits per heavy atom. The molecule has 1 aliphatic carbocycles. The number of hydrogen-bond acceptors (Lipinski definition) is 5. The molecule has 0 aromatic carbocycles. The van der Waals surface area contributed by atoms with Crippen molar-refractivity contribution in [1.29, 1.82) is 0 Å². The van der Waals surface area contributed by atoms with Gasteiger partial charge in [0.2, 0.25) is 5.91 Å². The number of aryl methyl sites for hydroxylation is 1. The maximum absolute atomic E-state index is 12.6. The predicted octanol–water partition coefficient (Wildman–Crippen LogP) is 0.977. The minimum atomic E-state index is -1.02. The van der Waals surface area contributed by atoms with Crippen LogP contribution in [0.4, 0.5) is 0 Å². The van der Waals surface area contributed by atoms with Crippen LogP contribution in [-0.2, 0) is 27.4 Å². The summed E-state index contributed by atoms with van der Waals surface area (Å²) in [6, 6.07) is -0.910. The number of nitrogens with zero attached hydrogens (tertiary/aromatic N) is 4. The van der Waals surface area contributed by atoms with Gasteiger partial charge in [-0.2, -0.15) is 0 Å². The Morgan fingerprint density at radius 1 is 1.29 bits per heavy atom. The summed E-state index contributed by atoms with van der Waals surface area (Å²) in [6.07, 6.45) is 4.48. The lowest BCUT2D eigenvalue weighted by Crippen LogP contribution is -2.52. The first-order chi connectivity index (χ1) is 11.5. The zero-order valence-electron chi connectivity index (χ0n) is 14.1. The number of fused-ring (bicyclic) bond motifs is 1. The normalized spacial score (nSPS) is 26.9. The molecule has 24 heavy (non-hydrogen) atoms. The first-order valence-electron chi connectivity index (χ1n) is 8.50. The molecule has 1 aromatic heterocycles. The summed E-state index contributed by atoms with van der Waals surface area (Å²) >= 11 is 0. The van der Waals surface area contributed by atoms with Crippen LogP contribution >= 0.6 is 0 Å². The molecule has 3 rings (SSSR count). The van der Waals surface area contributed by atoms with Crippen LogP contribution in [0.25, 0.3) is 0 Å². The molecule has 1 amide bonds. The van der Waals surface area contributed by atoms with Crippen molar-refractivity contribution in [3.05, 3.63) is 11.6 Å². The van der Waals surface area contributed by atoms with Gasteiger partial charge in [-0.05, 0) is 25.7 Å². The van der Waals surface area contributed by atoms with Gasteiger partial charge in [0.1, 0.15) is 18.5 Å². The van der Waals surface area contributed by atoms with Crippen molar-refractivity contribution in [1.82, 2.24) is 19.7 Å². The zero-order chi connectivity index (χ0) is 17.3. The number of aromatic nitrogens is 3. The first kappa shape index (κ1) is 16.9. The van der Waals surface area contributed by atoms with E-state index in [1.807, 2.05) is 0 Å². The van der Waals surface area contributed by atoms with Crippen LogP contribution in [0.5, 0.6) is 0 Å². The lowest BCUT2D eigenvalue weighted by molar-refractivity contribution is -0.156. The summed E-state index contributed by atoms with van der Waals surface area (Å²) in [5.74, 6) is 0.397. The van der Waals surface area contributed by atoms with Crippen molar-refractivity contribution >= 4 is 11.9 Å². The van der Waals surface area contributed by atoms with Crippen LogP contribution in [0.3, 0.4) is 0 Å². The summed E-state index contributed by atoms with van der Waals surface area (Å²) in [4.78, 5) is 25.5. The molecule has 0 spiro atoms. The maximum atomic E-state index is 12.6. The molecule has 2 aliphatic rings. The summed E-state index contributed by atoms with van der Waals surface area (Å²) in [6.45, 7) is 4.17. The molecule has 8 nitrogen and oxygen atoms in total. The van der Waals surface area contributed by atoms with Crippen molar-refractivity contribution < 1.29 is 19.4 Å². The Balaban J connectivity index is 1.67. The molecule has 1 N–H and O–H groups in total. The molecule has 8 heteroatoms. The van der Waals surface area contributed by atoms with Gasteiger partial charge in [0.15, 0.2) is 5.82 Å². The highest BCUT2D eigenvalue weighted by atomic mass is 16.5. The van der Waals surface area contributed by atoms with E-state index in [0.717, 1.165) is 19.3 Å². The smallest absolute Gasteiger partial charge is 0.328 e. The molecule has 1 fully saturated rings. The number of carbonyl (C=O) groups excluding carboxylic acids is 1. The topological polar surface area (TPSA) is 97.5 Å². The number of ether oxygens (including phenoxy) is 1. The summed E-state index contributed by atoms with van der Waals surface area (Å²) in [5.41, 5.74) is 0. The fraction of sp³-hybridized carbons (Fsp3) is 0.750. The van der Waals surface area contributed by atoms with Gasteiger partial charge in [0, 0.05) is 0 Å². The van der Waals surface area contributed by atoms with Gasteiger partial charge in [0.25, 0.3) is 0 Å². The average molecular weight is 336 g/mol. The number of aliphatic carboxylic acids is 1. The number of carbonyl (C=O) groups is 2.